The summed E-state index contributed by atoms with van der Waals surface area (Å²) in [7, 11) is -1.48. The fourth-order valence-electron chi connectivity index (χ4n) is 9.74. The molecule has 8 heterocycles. The summed E-state index contributed by atoms with van der Waals surface area (Å²) < 4.78 is 52.6. The molecule has 6 aromatic rings. The number of thiazole rings is 2. The van der Waals surface area contributed by atoms with Gasteiger partial charge in [0.15, 0.2) is 21.7 Å². The number of aliphatic carboxylic acids is 2. The third kappa shape index (κ3) is 15.3. The van der Waals surface area contributed by atoms with Crippen molar-refractivity contribution in [2.24, 2.45) is 36.2 Å². The molecule has 0 bridgehead atoms. The van der Waals surface area contributed by atoms with Crippen LogP contribution < -0.4 is 62.0 Å². The molecule has 492 valence electrons. The van der Waals surface area contributed by atoms with Crippen LogP contribution >= 0.6 is 22.7 Å². The number of amides is 4. The molecule has 0 saturated carbocycles. The van der Waals surface area contributed by atoms with Gasteiger partial charge in [0.05, 0.1) is 50.7 Å². The lowest BCUT2D eigenvalue weighted by Crippen LogP contribution is -2.78. The maximum absolute atomic E-state index is 13.9. The smallest absolute Gasteiger partial charge is 0.442 e. The van der Waals surface area contributed by atoms with Crippen molar-refractivity contribution >= 4 is 102 Å². The number of nitrogen functional groups attached to an aromatic ring is 2. The van der Waals surface area contributed by atoms with Crippen molar-refractivity contribution in [3.63, 3.8) is 0 Å². The molecule has 4 aromatic heterocycles. The first kappa shape index (κ1) is 66.3. The van der Waals surface area contributed by atoms with E-state index >= 15 is 0 Å². The van der Waals surface area contributed by atoms with Crippen LogP contribution in [-0.4, -0.2) is 174 Å². The highest BCUT2D eigenvalue weighted by molar-refractivity contribution is 7.81. The number of ether oxygens (including phenoxy) is 2. The summed E-state index contributed by atoms with van der Waals surface area (Å²) in [5.74, 6) is -3.94. The van der Waals surface area contributed by atoms with Gasteiger partial charge >= 0.3 is 22.3 Å². The molecule has 32 nitrogen and oxygen atoms in total. The molecule has 35 heteroatoms. The summed E-state index contributed by atoms with van der Waals surface area (Å²) in [6.07, 6.45) is 0.329. The first-order chi connectivity index (χ1) is 44.2. The number of nitrogens with two attached hydrogens (primary N) is 2. The number of hydrogen-bond acceptors (Lipinski definition) is 26. The Morgan fingerprint density at radius 2 is 1.02 bits per heavy atom. The van der Waals surface area contributed by atoms with Crippen LogP contribution in [0.1, 0.15) is 39.1 Å². The SMILES string of the molecule is C[n+]1ccc(-c2ccc(OC[C@H](O/N=C(\C(=O)N[C@@H]3C(=O)N(OS(=O)(=O)ON4C(=O)[C@@H](NC(=O)/C(=N\O[C@@H](COc5ccc(-c6cc[n+](C)c(NCC7CNC7)c6)cc5)C(=O)O)c5csc(N)n5)C4(C)C)C3(C)C)c3csc(N)n3)C(=O)O)cc2)cc1NCC1CNC1. The number of aryl methyl sites for hydroxylation is 2. The zero-order valence-corrected chi connectivity index (χ0v) is 53.4. The van der Waals surface area contributed by atoms with Crippen molar-refractivity contribution in [1.29, 1.82) is 0 Å². The minimum atomic E-state index is -5.37. The number of aromatic nitrogens is 4. The molecule has 0 aliphatic carbocycles. The number of hydrogen-bond donors (Lipinski definition) is 10. The highest BCUT2D eigenvalue weighted by atomic mass is 32.3. The number of carbonyl (C=O) groups is 6. The van der Waals surface area contributed by atoms with Crippen molar-refractivity contribution in [2.75, 3.05) is 74.6 Å². The van der Waals surface area contributed by atoms with Gasteiger partial charge in [0.2, 0.25) is 0 Å². The summed E-state index contributed by atoms with van der Waals surface area (Å²) in [5, 5.41) is 49.5. The summed E-state index contributed by atoms with van der Waals surface area (Å²) in [5.41, 5.74) is 10.4. The van der Waals surface area contributed by atoms with Gasteiger partial charge in [-0.3, -0.25) is 29.8 Å². The molecule has 0 radical (unpaired) electrons. The Balaban J connectivity index is 0.725. The van der Waals surface area contributed by atoms with E-state index in [-0.39, 0.29) is 21.7 Å². The molecule has 2 aromatic carbocycles. The van der Waals surface area contributed by atoms with Crippen LogP contribution in [-0.2, 0) is 71.5 Å². The minimum absolute atomic E-state index is 0.00744. The third-order valence-electron chi connectivity index (χ3n) is 15.6. The number of nitrogens with zero attached hydrogens (tertiary/aromatic N) is 8. The largest absolute Gasteiger partial charge is 0.489 e. The van der Waals surface area contributed by atoms with Crippen LogP contribution in [0.3, 0.4) is 0 Å². The van der Waals surface area contributed by atoms with Gasteiger partial charge in [-0.25, -0.2) is 28.7 Å². The highest BCUT2D eigenvalue weighted by Crippen LogP contribution is 2.37. The predicted molar refractivity (Wildman–Crippen MR) is 335 cm³/mol. The second-order valence-corrected chi connectivity index (χ2v) is 26.0. The van der Waals surface area contributed by atoms with Crippen LogP contribution in [0.25, 0.3) is 22.3 Å². The number of β-lactam (4-membered cyclic amide) rings is 2. The van der Waals surface area contributed by atoms with Crippen LogP contribution in [0.5, 0.6) is 11.5 Å². The Morgan fingerprint density at radius 3 is 1.33 bits per heavy atom. The van der Waals surface area contributed by atoms with E-state index in [1.54, 1.807) is 24.3 Å². The van der Waals surface area contributed by atoms with Gasteiger partial charge in [0, 0.05) is 60.9 Å². The van der Waals surface area contributed by atoms with E-state index < -0.39 is 106 Å². The number of anilines is 4. The van der Waals surface area contributed by atoms with Crippen molar-refractivity contribution in [3.05, 3.63) is 107 Å². The second kappa shape index (κ2) is 27.7. The van der Waals surface area contributed by atoms with Gasteiger partial charge in [0.1, 0.15) is 48.2 Å². The lowest BCUT2D eigenvalue weighted by atomic mass is 9.84. The average Bonchev–Trinajstić information content (AvgIpc) is 1.16. The van der Waals surface area contributed by atoms with E-state index in [1.807, 2.05) is 84.2 Å². The summed E-state index contributed by atoms with van der Waals surface area (Å²) in [6, 6.07) is 18.8. The van der Waals surface area contributed by atoms with Gasteiger partial charge in [-0.15, -0.1) is 31.2 Å². The molecule has 4 aliphatic heterocycles. The fraction of sp³-hybridized carbons (Fsp3) is 0.379. The van der Waals surface area contributed by atoms with Crippen LogP contribution in [0.15, 0.2) is 106 Å². The summed E-state index contributed by atoms with van der Waals surface area (Å²) in [4.78, 5) is 98.8. The van der Waals surface area contributed by atoms with E-state index in [9.17, 15) is 47.4 Å². The Bertz CT molecular complexity index is 3740. The first-order valence-corrected chi connectivity index (χ1v) is 32.0. The summed E-state index contributed by atoms with van der Waals surface area (Å²) >= 11 is 1.82. The monoisotopic (exact) mass is 1340 g/mol. The number of carbonyl (C=O) groups excluding carboxylic acids is 4. The standard InChI is InChI=1S/C58H66N16O16S3/c1-57(2)47(67-49(75)45(39-29-91-55(59)65-39)69-87-41(53(79)80)27-85-37-11-7-33(8-12-37)35-15-17-71(5)43(19-35)63-25-31-21-61-22-31)51(77)73(57)89-93(83,84)90-74-52(78)48(58(74,3)4)68-50(76)46(40-30-92-56(60)66-40)70-88-42(54(81)82)28-86-38-13-9-34(10-14-38)36-16-18-72(6)44(20-36)64-26-32-23-62-24-32/h7-20,29-32,41-42,47-48,61-62H,21-28H2,1-6H3,(H8,59,60,65,66,67,68,75,76,79,80,81,82)/p+2/b69-45-,70-46-/t41-,42-,47+,48+/m0/s1. The second-order valence-electron chi connectivity index (χ2n) is 23.1. The van der Waals surface area contributed by atoms with Crippen LogP contribution in [0.2, 0.25) is 0 Å². The molecule has 0 spiro atoms. The lowest BCUT2D eigenvalue weighted by molar-refractivity contribution is -0.657. The molecule has 4 saturated heterocycles. The number of oxime groups is 2. The number of rotatable bonds is 30. The van der Waals surface area contributed by atoms with E-state index in [2.05, 4.69) is 52.2 Å². The molecular weight excluding hydrogens is 1270 g/mol. The molecule has 93 heavy (non-hydrogen) atoms. The predicted octanol–water partition coefficient (Wildman–Crippen LogP) is 0.535. The number of carboxylic acids is 2. The van der Waals surface area contributed by atoms with E-state index in [4.69, 9.17) is 39.2 Å². The first-order valence-electron chi connectivity index (χ1n) is 28.9. The Kier molecular flexibility index (Phi) is 19.7. The molecule has 10 rings (SSSR count). The fourth-order valence-corrected chi connectivity index (χ4v) is 11.8. The Hall–Kier alpha value is -9.65. The quantitative estimate of drug-likeness (QED) is 0.0127. The molecule has 12 N–H and O–H groups in total. The van der Waals surface area contributed by atoms with Crippen LogP contribution in [0.4, 0.5) is 21.9 Å². The molecular formula is C58H68N16O16S3+2. The van der Waals surface area contributed by atoms with Crippen LogP contribution in [0, 0.1) is 11.8 Å². The number of carboxylic acid groups (broad SMARTS) is 2. The normalized spacial score (nSPS) is 18.6. The Labute approximate surface area is 540 Å². The van der Waals surface area contributed by atoms with Gasteiger partial charge in [-0.05, 0) is 86.3 Å². The number of nitrogens with one attached hydrogen (secondary N) is 6. The van der Waals surface area contributed by atoms with E-state index in [1.165, 1.54) is 38.5 Å². The van der Waals surface area contributed by atoms with Gasteiger partial charge < -0.3 is 62.1 Å². The van der Waals surface area contributed by atoms with Gasteiger partial charge in [-0.2, -0.15) is 18.5 Å². The number of pyridine rings is 2. The van der Waals surface area contributed by atoms with Crippen molar-refractivity contribution in [1.82, 2.24) is 41.4 Å². The molecule has 0 unspecified atom stereocenters. The third-order valence-corrected chi connectivity index (χ3v) is 17.7. The maximum atomic E-state index is 13.9. The average molecular weight is 1340 g/mol. The highest BCUT2D eigenvalue weighted by Gasteiger charge is 2.61. The van der Waals surface area contributed by atoms with E-state index in [0.29, 0.717) is 33.5 Å². The van der Waals surface area contributed by atoms with Gasteiger partial charge in [-0.1, -0.05) is 34.6 Å². The molecule has 4 fully saturated rings. The topological polar surface area (TPSA) is 421 Å². The van der Waals surface area contributed by atoms with Crippen molar-refractivity contribution in [2.45, 2.75) is 63.1 Å². The number of benzene rings is 2. The zero-order valence-electron chi connectivity index (χ0n) is 50.9. The summed E-state index contributed by atoms with van der Waals surface area (Å²) in [6.45, 7) is 9.63. The van der Waals surface area contributed by atoms with E-state index in [0.717, 1.165) is 95.8 Å². The molecule has 4 aliphatic rings. The Morgan fingerprint density at radius 1 is 0.645 bits per heavy atom. The molecule has 4 atom stereocenters. The number of hydroxylamine groups is 4. The van der Waals surface area contributed by atoms with Crippen molar-refractivity contribution in [3.8, 4) is 33.8 Å². The zero-order chi connectivity index (χ0) is 66.5. The maximum Gasteiger partial charge on any atom is 0.442 e. The minimum Gasteiger partial charge on any atom is -0.489 e. The molecule has 4 amide bonds. The van der Waals surface area contributed by atoms with Crippen molar-refractivity contribution < 1.29 is 84.2 Å². The van der Waals surface area contributed by atoms with Gasteiger partial charge in [0.25, 0.3) is 47.5 Å². The lowest BCUT2D eigenvalue weighted by Gasteiger charge is -2.52.